The van der Waals surface area contributed by atoms with Crippen LogP contribution in [-0.4, -0.2) is 47.0 Å². The molecule has 5 heteroatoms. The molecule has 1 N–H and O–H groups in total. The van der Waals surface area contributed by atoms with Crippen molar-refractivity contribution in [1.82, 2.24) is 20.2 Å². The zero-order valence-corrected chi connectivity index (χ0v) is 15.9. The molecule has 3 heterocycles. The van der Waals surface area contributed by atoms with Gasteiger partial charge in [-0.05, 0) is 36.6 Å². The fraction of sp³-hybridized carbons (Fsp3) is 0.500. The van der Waals surface area contributed by atoms with E-state index in [1.165, 1.54) is 32.1 Å². The third-order valence-corrected chi connectivity index (χ3v) is 5.71. The number of nitrogens with zero attached hydrogens (tertiary/aromatic N) is 3. The summed E-state index contributed by atoms with van der Waals surface area (Å²) in [6.45, 7) is 3.18. The van der Waals surface area contributed by atoms with Crippen LogP contribution in [0.15, 0.2) is 36.5 Å². The van der Waals surface area contributed by atoms with Gasteiger partial charge in [0.25, 0.3) is 5.91 Å². The van der Waals surface area contributed by atoms with Gasteiger partial charge in [-0.15, -0.1) is 0 Å². The van der Waals surface area contributed by atoms with Crippen LogP contribution in [0.4, 0.5) is 0 Å². The monoisotopic (exact) mass is 364 g/mol. The van der Waals surface area contributed by atoms with Gasteiger partial charge in [0.2, 0.25) is 0 Å². The lowest BCUT2D eigenvalue weighted by Gasteiger charge is -2.27. The average Bonchev–Trinajstić information content (AvgIpc) is 2.75. The molecule has 4 rings (SSSR count). The molecule has 2 aliphatic rings. The number of carbonyl (C=O) groups is 1. The molecule has 1 amide bonds. The van der Waals surface area contributed by atoms with Crippen LogP contribution >= 0.6 is 0 Å². The number of hydrogen-bond donors (Lipinski definition) is 1. The number of rotatable bonds is 4. The summed E-state index contributed by atoms with van der Waals surface area (Å²) in [6.07, 6.45) is 9.64. The summed E-state index contributed by atoms with van der Waals surface area (Å²) in [5.74, 6) is 0.782. The van der Waals surface area contributed by atoms with Gasteiger partial charge in [-0.3, -0.25) is 9.78 Å². The van der Waals surface area contributed by atoms with E-state index in [0.717, 1.165) is 55.5 Å². The van der Waals surface area contributed by atoms with Crippen LogP contribution in [0, 0.1) is 5.92 Å². The molecule has 1 aliphatic heterocycles. The van der Waals surface area contributed by atoms with E-state index in [9.17, 15) is 4.79 Å². The van der Waals surface area contributed by atoms with Crippen LogP contribution in [0.5, 0.6) is 0 Å². The van der Waals surface area contributed by atoms with Crippen molar-refractivity contribution < 1.29 is 4.79 Å². The molecule has 27 heavy (non-hydrogen) atoms. The molecule has 0 unspecified atom stereocenters. The smallest absolute Gasteiger partial charge is 0.272 e. The minimum absolute atomic E-state index is 0.0230. The number of aromatic nitrogens is 2. The van der Waals surface area contributed by atoms with Gasteiger partial charge in [-0.25, -0.2) is 4.98 Å². The molecule has 0 radical (unpaired) electrons. The highest BCUT2D eigenvalue weighted by Gasteiger charge is 2.20. The Kier molecular flexibility index (Phi) is 5.78. The second kappa shape index (κ2) is 8.61. The number of nitrogens with one attached hydrogen (secondary N) is 1. The predicted octanol–water partition coefficient (Wildman–Crippen LogP) is 3.31. The minimum atomic E-state index is 0.0230. The van der Waals surface area contributed by atoms with Gasteiger partial charge in [0, 0.05) is 43.6 Å². The maximum atomic E-state index is 12.7. The highest BCUT2D eigenvalue weighted by molar-refractivity contribution is 5.93. The van der Waals surface area contributed by atoms with Gasteiger partial charge in [0.15, 0.2) is 0 Å². The molecule has 0 spiro atoms. The first kappa shape index (κ1) is 18.1. The SMILES string of the molecule is O=C(c1cccc(-c2ccnc(CC3CCCCC3)c2)n1)N1CCNCC1. The molecule has 0 bridgehead atoms. The lowest BCUT2D eigenvalue weighted by atomic mass is 9.86. The van der Waals surface area contributed by atoms with E-state index in [-0.39, 0.29) is 5.91 Å². The summed E-state index contributed by atoms with van der Waals surface area (Å²) in [6, 6.07) is 9.87. The van der Waals surface area contributed by atoms with Crippen LogP contribution in [0.25, 0.3) is 11.3 Å². The van der Waals surface area contributed by atoms with Crippen molar-refractivity contribution in [2.45, 2.75) is 38.5 Å². The van der Waals surface area contributed by atoms with Crippen LogP contribution in [0.2, 0.25) is 0 Å². The van der Waals surface area contributed by atoms with Crippen LogP contribution in [0.1, 0.15) is 48.3 Å². The highest BCUT2D eigenvalue weighted by Crippen LogP contribution is 2.27. The number of amides is 1. The normalized spacial score (nSPS) is 18.4. The van der Waals surface area contributed by atoms with E-state index >= 15 is 0 Å². The fourth-order valence-electron chi connectivity index (χ4n) is 4.18. The lowest BCUT2D eigenvalue weighted by Crippen LogP contribution is -2.46. The lowest BCUT2D eigenvalue weighted by molar-refractivity contribution is 0.0730. The predicted molar refractivity (Wildman–Crippen MR) is 107 cm³/mol. The number of pyridine rings is 2. The Bertz CT molecular complexity index is 779. The second-order valence-electron chi connectivity index (χ2n) is 7.69. The third-order valence-electron chi connectivity index (χ3n) is 5.71. The number of piperazine rings is 1. The van der Waals surface area contributed by atoms with Crippen molar-refractivity contribution in [3.8, 4) is 11.3 Å². The molecule has 0 aromatic carbocycles. The van der Waals surface area contributed by atoms with E-state index in [0.29, 0.717) is 5.69 Å². The van der Waals surface area contributed by atoms with Crippen LogP contribution < -0.4 is 5.32 Å². The molecule has 1 aliphatic carbocycles. The molecule has 1 saturated carbocycles. The Balaban J connectivity index is 1.51. The molecular formula is C22H28N4O. The molecule has 5 nitrogen and oxygen atoms in total. The summed E-state index contributed by atoms with van der Waals surface area (Å²) in [4.78, 5) is 23.9. The Morgan fingerprint density at radius 1 is 1.11 bits per heavy atom. The van der Waals surface area contributed by atoms with E-state index in [2.05, 4.69) is 21.4 Å². The summed E-state index contributed by atoms with van der Waals surface area (Å²) in [5, 5.41) is 3.28. The van der Waals surface area contributed by atoms with Gasteiger partial charge in [-0.2, -0.15) is 0 Å². The molecule has 142 valence electrons. The summed E-state index contributed by atoms with van der Waals surface area (Å²) in [5.41, 5.74) is 3.56. The molecule has 1 saturated heterocycles. The average molecular weight is 364 g/mol. The van der Waals surface area contributed by atoms with Crippen molar-refractivity contribution in [2.75, 3.05) is 26.2 Å². The van der Waals surface area contributed by atoms with Crippen molar-refractivity contribution in [1.29, 1.82) is 0 Å². The van der Waals surface area contributed by atoms with Crippen molar-refractivity contribution in [3.05, 3.63) is 47.9 Å². The Morgan fingerprint density at radius 3 is 2.74 bits per heavy atom. The zero-order chi connectivity index (χ0) is 18.5. The van der Waals surface area contributed by atoms with Gasteiger partial charge in [0.05, 0.1) is 5.69 Å². The zero-order valence-electron chi connectivity index (χ0n) is 15.9. The largest absolute Gasteiger partial charge is 0.335 e. The maximum absolute atomic E-state index is 12.7. The molecule has 2 aromatic heterocycles. The quantitative estimate of drug-likeness (QED) is 0.904. The van der Waals surface area contributed by atoms with Gasteiger partial charge in [-0.1, -0.05) is 38.2 Å². The van der Waals surface area contributed by atoms with Gasteiger partial charge >= 0.3 is 0 Å². The van der Waals surface area contributed by atoms with E-state index in [4.69, 9.17) is 0 Å². The van der Waals surface area contributed by atoms with Gasteiger partial charge in [0.1, 0.15) is 5.69 Å². The summed E-state index contributed by atoms with van der Waals surface area (Å²) in [7, 11) is 0. The summed E-state index contributed by atoms with van der Waals surface area (Å²) < 4.78 is 0. The van der Waals surface area contributed by atoms with Crippen LogP contribution in [-0.2, 0) is 6.42 Å². The first-order valence-electron chi connectivity index (χ1n) is 10.2. The van der Waals surface area contributed by atoms with Crippen molar-refractivity contribution in [3.63, 3.8) is 0 Å². The molecule has 2 fully saturated rings. The first-order valence-corrected chi connectivity index (χ1v) is 10.2. The molecular weight excluding hydrogens is 336 g/mol. The highest BCUT2D eigenvalue weighted by atomic mass is 16.2. The third kappa shape index (κ3) is 4.53. The van der Waals surface area contributed by atoms with E-state index in [1.807, 2.05) is 35.4 Å². The minimum Gasteiger partial charge on any atom is -0.335 e. The van der Waals surface area contributed by atoms with Gasteiger partial charge < -0.3 is 10.2 Å². The Hall–Kier alpha value is -2.27. The molecule has 0 atom stereocenters. The Labute approximate surface area is 161 Å². The second-order valence-corrected chi connectivity index (χ2v) is 7.69. The fourth-order valence-corrected chi connectivity index (χ4v) is 4.18. The number of hydrogen-bond acceptors (Lipinski definition) is 4. The standard InChI is InChI=1S/C22H28N4O/c27-22(26-13-11-23-12-14-26)21-8-4-7-20(25-21)18-9-10-24-19(16-18)15-17-5-2-1-3-6-17/h4,7-10,16-17,23H,1-3,5-6,11-15H2. The van der Waals surface area contributed by atoms with E-state index in [1.54, 1.807) is 0 Å². The first-order chi connectivity index (χ1) is 13.3. The van der Waals surface area contributed by atoms with Crippen molar-refractivity contribution >= 4 is 5.91 Å². The topological polar surface area (TPSA) is 58.1 Å². The van der Waals surface area contributed by atoms with E-state index < -0.39 is 0 Å². The summed E-state index contributed by atoms with van der Waals surface area (Å²) >= 11 is 0. The van der Waals surface area contributed by atoms with Crippen molar-refractivity contribution in [2.24, 2.45) is 5.92 Å². The Morgan fingerprint density at radius 2 is 1.93 bits per heavy atom. The van der Waals surface area contributed by atoms with Crippen LogP contribution in [0.3, 0.4) is 0 Å². The molecule has 2 aromatic rings. The maximum Gasteiger partial charge on any atom is 0.272 e. The number of carbonyl (C=O) groups excluding carboxylic acids is 1.